The molecule has 0 radical (unpaired) electrons. The van der Waals surface area contributed by atoms with E-state index in [0.29, 0.717) is 15.9 Å². The van der Waals surface area contributed by atoms with Crippen LogP contribution in [0.5, 0.6) is 0 Å². The van der Waals surface area contributed by atoms with Gasteiger partial charge in [0.15, 0.2) is 5.82 Å². The van der Waals surface area contributed by atoms with E-state index < -0.39 is 0 Å². The molecule has 3 rings (SSSR count). The molecule has 1 fully saturated rings. The van der Waals surface area contributed by atoms with Crippen LogP contribution in [-0.4, -0.2) is 21.7 Å². The first-order chi connectivity index (χ1) is 8.75. The van der Waals surface area contributed by atoms with Gasteiger partial charge in [-0.25, -0.2) is 4.98 Å². The molecule has 1 aliphatic rings. The molecule has 0 spiro atoms. The lowest BCUT2D eigenvalue weighted by molar-refractivity contribution is 0.608. The Morgan fingerprint density at radius 1 is 1.28 bits per heavy atom. The first kappa shape index (κ1) is 12.0. The smallest absolute Gasteiger partial charge is 0.182 e. The quantitative estimate of drug-likeness (QED) is 0.889. The van der Waals surface area contributed by atoms with Gasteiger partial charge in [0.05, 0.1) is 16.1 Å². The molecule has 1 unspecified atom stereocenters. The van der Waals surface area contributed by atoms with Crippen molar-refractivity contribution in [1.82, 2.24) is 20.5 Å². The number of H-pyrrole nitrogens is 1. The van der Waals surface area contributed by atoms with Crippen molar-refractivity contribution in [2.24, 2.45) is 0 Å². The molecule has 0 saturated carbocycles. The maximum absolute atomic E-state index is 6.16. The summed E-state index contributed by atoms with van der Waals surface area (Å²) in [4.78, 5) is 4.49. The molecule has 6 heteroatoms. The summed E-state index contributed by atoms with van der Waals surface area (Å²) in [5.41, 5.74) is 0.754. The van der Waals surface area contributed by atoms with Crippen LogP contribution < -0.4 is 5.32 Å². The van der Waals surface area contributed by atoms with E-state index in [4.69, 9.17) is 23.2 Å². The third kappa shape index (κ3) is 2.11. The third-order valence-corrected chi connectivity index (χ3v) is 3.90. The Labute approximate surface area is 115 Å². The van der Waals surface area contributed by atoms with Crippen LogP contribution in [0, 0.1) is 0 Å². The Hall–Kier alpha value is -1.10. The summed E-state index contributed by atoms with van der Waals surface area (Å²) in [6.45, 7) is 1.03. The minimum atomic E-state index is 0.268. The van der Waals surface area contributed by atoms with Crippen LogP contribution in [0.25, 0.3) is 11.4 Å². The molecule has 1 atom stereocenters. The Balaban J connectivity index is 1.95. The molecule has 1 saturated heterocycles. The number of hydrogen-bond acceptors (Lipinski definition) is 3. The number of halogens is 2. The molecule has 2 heterocycles. The molecule has 18 heavy (non-hydrogen) atoms. The Morgan fingerprint density at radius 2 is 2.17 bits per heavy atom. The van der Waals surface area contributed by atoms with Crippen molar-refractivity contribution in [2.75, 3.05) is 6.54 Å². The zero-order chi connectivity index (χ0) is 12.5. The number of benzene rings is 1. The van der Waals surface area contributed by atoms with Gasteiger partial charge in [0.2, 0.25) is 0 Å². The number of aromatic nitrogens is 3. The molecule has 2 N–H and O–H groups in total. The van der Waals surface area contributed by atoms with Gasteiger partial charge in [-0.1, -0.05) is 29.3 Å². The highest BCUT2D eigenvalue weighted by molar-refractivity contribution is 6.43. The van der Waals surface area contributed by atoms with Crippen molar-refractivity contribution in [2.45, 2.75) is 18.9 Å². The highest BCUT2D eigenvalue weighted by Gasteiger charge is 2.21. The van der Waals surface area contributed by atoms with Crippen molar-refractivity contribution < 1.29 is 0 Å². The van der Waals surface area contributed by atoms with Crippen LogP contribution >= 0.6 is 23.2 Å². The van der Waals surface area contributed by atoms with E-state index in [2.05, 4.69) is 20.5 Å². The lowest BCUT2D eigenvalue weighted by atomic mass is 10.2. The van der Waals surface area contributed by atoms with Gasteiger partial charge < -0.3 is 5.32 Å². The molecule has 0 bridgehead atoms. The maximum atomic E-state index is 6.16. The van der Waals surface area contributed by atoms with E-state index in [0.717, 1.165) is 24.4 Å². The van der Waals surface area contributed by atoms with Crippen molar-refractivity contribution in [3.8, 4) is 11.4 Å². The monoisotopic (exact) mass is 282 g/mol. The zero-order valence-electron chi connectivity index (χ0n) is 9.58. The van der Waals surface area contributed by atoms with Crippen molar-refractivity contribution in [3.63, 3.8) is 0 Å². The van der Waals surface area contributed by atoms with Gasteiger partial charge in [0.1, 0.15) is 5.82 Å². The molecule has 94 valence electrons. The second kappa shape index (κ2) is 4.88. The highest BCUT2D eigenvalue weighted by Crippen LogP contribution is 2.32. The van der Waals surface area contributed by atoms with Gasteiger partial charge >= 0.3 is 0 Å². The second-order valence-electron chi connectivity index (χ2n) is 4.29. The van der Waals surface area contributed by atoms with E-state index in [1.807, 2.05) is 12.1 Å². The predicted molar refractivity (Wildman–Crippen MR) is 71.8 cm³/mol. The molecular weight excluding hydrogens is 271 g/mol. The minimum absolute atomic E-state index is 0.268. The largest absolute Gasteiger partial charge is 0.307 e. The predicted octanol–water partition coefficient (Wildman–Crippen LogP) is 3.20. The van der Waals surface area contributed by atoms with Crippen LogP contribution in [0.2, 0.25) is 10.0 Å². The van der Waals surface area contributed by atoms with Gasteiger partial charge in [-0.15, -0.1) is 0 Å². The second-order valence-corrected chi connectivity index (χ2v) is 5.08. The standard InChI is InChI=1S/C12H12Cl2N4/c13-8-4-1-3-7(10(8)14)11-16-12(18-17-11)9-5-2-6-15-9/h1,3-4,9,15H,2,5-6H2,(H,16,17,18). The molecule has 2 aromatic rings. The normalized spacial score (nSPS) is 19.3. The van der Waals surface area contributed by atoms with Crippen molar-refractivity contribution >= 4 is 23.2 Å². The van der Waals surface area contributed by atoms with E-state index in [-0.39, 0.29) is 6.04 Å². The van der Waals surface area contributed by atoms with Crippen LogP contribution in [0.3, 0.4) is 0 Å². The van der Waals surface area contributed by atoms with Crippen LogP contribution in [-0.2, 0) is 0 Å². The number of hydrogen-bond donors (Lipinski definition) is 2. The summed E-state index contributed by atoms with van der Waals surface area (Å²) in [5.74, 6) is 1.45. The molecule has 1 aliphatic heterocycles. The highest BCUT2D eigenvalue weighted by atomic mass is 35.5. The first-order valence-electron chi connectivity index (χ1n) is 5.86. The van der Waals surface area contributed by atoms with E-state index in [9.17, 15) is 0 Å². The third-order valence-electron chi connectivity index (χ3n) is 3.09. The first-order valence-corrected chi connectivity index (χ1v) is 6.61. The van der Waals surface area contributed by atoms with E-state index in [1.54, 1.807) is 6.07 Å². The summed E-state index contributed by atoms with van der Waals surface area (Å²) in [6.07, 6.45) is 2.25. The SMILES string of the molecule is Clc1cccc(-c2n[nH]c(C3CCCN3)n2)c1Cl. The number of nitrogens with one attached hydrogen (secondary N) is 2. The molecular formula is C12H12Cl2N4. The Kier molecular flexibility index (Phi) is 3.24. The number of nitrogens with zero attached hydrogens (tertiary/aromatic N) is 2. The summed E-state index contributed by atoms with van der Waals surface area (Å²) in [7, 11) is 0. The summed E-state index contributed by atoms with van der Waals surface area (Å²) in [6, 6.07) is 5.72. The van der Waals surface area contributed by atoms with Gasteiger partial charge in [-0.05, 0) is 31.5 Å². The Morgan fingerprint density at radius 3 is 2.94 bits per heavy atom. The minimum Gasteiger partial charge on any atom is -0.307 e. The maximum Gasteiger partial charge on any atom is 0.182 e. The molecule has 4 nitrogen and oxygen atoms in total. The van der Waals surface area contributed by atoms with Crippen LogP contribution in [0.4, 0.5) is 0 Å². The van der Waals surface area contributed by atoms with E-state index in [1.165, 1.54) is 6.42 Å². The molecule has 0 aliphatic carbocycles. The van der Waals surface area contributed by atoms with Gasteiger partial charge in [-0.3, -0.25) is 5.10 Å². The lowest BCUT2D eigenvalue weighted by Crippen LogP contribution is -2.14. The van der Waals surface area contributed by atoms with Gasteiger partial charge in [-0.2, -0.15) is 5.10 Å². The fourth-order valence-electron chi connectivity index (χ4n) is 2.15. The summed E-state index contributed by atoms with van der Waals surface area (Å²) < 4.78 is 0. The summed E-state index contributed by atoms with van der Waals surface area (Å²) >= 11 is 12.1. The Bertz CT molecular complexity index is 561. The fourth-order valence-corrected chi connectivity index (χ4v) is 2.53. The van der Waals surface area contributed by atoms with Crippen molar-refractivity contribution in [1.29, 1.82) is 0 Å². The molecule has 1 aromatic heterocycles. The average Bonchev–Trinajstić information content (AvgIpc) is 3.01. The summed E-state index contributed by atoms with van der Waals surface area (Å²) in [5, 5.41) is 11.6. The van der Waals surface area contributed by atoms with Gasteiger partial charge in [0.25, 0.3) is 0 Å². The van der Waals surface area contributed by atoms with Crippen LogP contribution in [0.15, 0.2) is 18.2 Å². The fraction of sp³-hybridized carbons (Fsp3) is 0.333. The lowest BCUT2D eigenvalue weighted by Gasteiger charge is -2.04. The van der Waals surface area contributed by atoms with Crippen LogP contribution in [0.1, 0.15) is 24.7 Å². The number of rotatable bonds is 2. The molecule has 0 amide bonds. The van der Waals surface area contributed by atoms with Crippen molar-refractivity contribution in [3.05, 3.63) is 34.1 Å². The zero-order valence-corrected chi connectivity index (χ0v) is 11.1. The topological polar surface area (TPSA) is 53.6 Å². The number of aromatic amines is 1. The van der Waals surface area contributed by atoms with Gasteiger partial charge in [0, 0.05) is 5.56 Å². The average molecular weight is 283 g/mol. The molecule has 1 aromatic carbocycles. The van der Waals surface area contributed by atoms with E-state index >= 15 is 0 Å².